The van der Waals surface area contributed by atoms with Crippen LogP contribution in [0.25, 0.3) is 5.57 Å². The van der Waals surface area contributed by atoms with Crippen molar-refractivity contribution in [3.8, 4) is 0 Å². The molecule has 0 saturated carbocycles. The first-order valence-corrected chi connectivity index (χ1v) is 13.4. The van der Waals surface area contributed by atoms with Gasteiger partial charge in [-0.15, -0.1) is 0 Å². The van der Waals surface area contributed by atoms with Crippen LogP contribution in [-0.4, -0.2) is 68.3 Å². The number of halogens is 1. The monoisotopic (exact) mass is 468 g/mol. The number of rotatable bonds is 7. The summed E-state index contributed by atoms with van der Waals surface area (Å²) in [5.41, 5.74) is 6.62. The minimum atomic E-state index is -1.69. The first kappa shape index (κ1) is 23.1. The number of aromatic nitrogens is 1. The molecule has 6 nitrogen and oxygen atoms in total. The van der Waals surface area contributed by atoms with Gasteiger partial charge in [0.25, 0.3) is 5.91 Å². The van der Waals surface area contributed by atoms with Crippen molar-refractivity contribution < 1.29 is 9.22 Å². The van der Waals surface area contributed by atoms with E-state index < -0.39 is 14.2 Å². The predicted octanol–water partition coefficient (Wildman–Crippen LogP) is 3.31. The molecule has 1 saturated heterocycles. The fraction of sp³-hybridized carbons (Fsp3) is 0.600. The second-order valence-corrected chi connectivity index (χ2v) is 14.5. The Morgan fingerprint density at radius 1 is 1.32 bits per heavy atom. The molecule has 1 fully saturated rings. The average molecular weight is 470 g/mol. The third-order valence-electron chi connectivity index (χ3n) is 5.66. The van der Waals surface area contributed by atoms with E-state index in [1.807, 2.05) is 18.3 Å². The second kappa shape index (κ2) is 9.52. The smallest absolute Gasteiger partial charge is 0.252 e. The third kappa shape index (κ3) is 6.40. The van der Waals surface area contributed by atoms with Crippen molar-refractivity contribution in [3.63, 3.8) is 0 Å². The Hall–Kier alpha value is -1.22. The maximum atomic E-state index is 11.9. The number of carbonyl (C=O) groups excluding carboxylic acids is 1. The molecular formula is C20H33BrN4O2Si. The van der Waals surface area contributed by atoms with Crippen molar-refractivity contribution in [1.29, 1.82) is 0 Å². The molecule has 0 atom stereocenters. The van der Waals surface area contributed by atoms with E-state index in [2.05, 4.69) is 64.6 Å². The highest BCUT2D eigenvalue weighted by Gasteiger charge is 2.37. The van der Waals surface area contributed by atoms with Gasteiger partial charge in [0.15, 0.2) is 8.32 Å². The van der Waals surface area contributed by atoms with Crippen LogP contribution < -0.4 is 5.73 Å². The molecule has 2 N–H and O–H groups in total. The summed E-state index contributed by atoms with van der Waals surface area (Å²) in [4.78, 5) is 20.8. The zero-order valence-corrected chi connectivity index (χ0v) is 20.3. The van der Waals surface area contributed by atoms with E-state index in [1.54, 1.807) is 6.20 Å². The van der Waals surface area contributed by atoms with Crippen LogP contribution in [0.2, 0.25) is 18.1 Å². The van der Waals surface area contributed by atoms with Crippen LogP contribution in [0.4, 0.5) is 0 Å². The number of pyridine rings is 1. The van der Waals surface area contributed by atoms with Crippen molar-refractivity contribution in [3.05, 3.63) is 34.7 Å². The molecule has 0 radical (unpaired) electrons. The molecule has 8 heteroatoms. The Morgan fingerprint density at radius 3 is 2.50 bits per heavy atom. The quantitative estimate of drug-likeness (QED) is 0.490. The summed E-state index contributed by atoms with van der Waals surface area (Å²) < 4.78 is 7.16. The molecule has 1 amide bonds. The van der Waals surface area contributed by atoms with Crippen LogP contribution in [0, 0.1) is 0 Å². The van der Waals surface area contributed by atoms with Crippen LogP contribution in [-0.2, 0) is 9.22 Å². The normalized spacial score (nSPS) is 17.1. The van der Waals surface area contributed by atoms with Crippen molar-refractivity contribution in [2.24, 2.45) is 5.73 Å². The van der Waals surface area contributed by atoms with E-state index in [0.717, 1.165) is 43.8 Å². The molecule has 0 aliphatic carbocycles. The topological polar surface area (TPSA) is 71.7 Å². The minimum absolute atomic E-state index is 0.238. The lowest BCUT2D eigenvalue weighted by atomic mass is 10.1. The summed E-state index contributed by atoms with van der Waals surface area (Å²) in [5.74, 6) is -0.462. The number of hydrogen-bond donors (Lipinski definition) is 1. The molecule has 0 spiro atoms. The molecular weight excluding hydrogens is 436 g/mol. The highest BCUT2D eigenvalue weighted by Crippen LogP contribution is 2.36. The summed E-state index contributed by atoms with van der Waals surface area (Å²) >= 11 is 3.41. The van der Waals surface area contributed by atoms with Crippen molar-refractivity contribution in [2.45, 2.75) is 38.9 Å². The van der Waals surface area contributed by atoms with Crippen molar-refractivity contribution in [2.75, 3.05) is 39.3 Å². The summed E-state index contributed by atoms with van der Waals surface area (Å²) in [7, 11) is -1.69. The lowest BCUT2D eigenvalue weighted by Crippen LogP contribution is -2.47. The van der Waals surface area contributed by atoms with E-state index in [-0.39, 0.29) is 5.04 Å². The Morgan fingerprint density at radius 2 is 1.96 bits per heavy atom. The van der Waals surface area contributed by atoms with Gasteiger partial charge >= 0.3 is 0 Å². The number of hydrogen-bond acceptors (Lipinski definition) is 5. The maximum Gasteiger partial charge on any atom is 0.252 e. The molecule has 2 heterocycles. The third-order valence-corrected chi connectivity index (χ3v) is 10.7. The highest BCUT2D eigenvalue weighted by molar-refractivity contribution is 9.10. The number of amides is 1. The van der Waals surface area contributed by atoms with Crippen molar-refractivity contribution in [1.82, 2.24) is 14.8 Å². The standard InChI is InChI=1S/C20H33BrN4O2Si/c1-20(2,3)28(4,5)27-13-12-24-8-10-25(11-9-24)15-17(19(22)26)18-14-16(21)6-7-23-18/h6-7,14-15H,8-13H2,1-5H3,(H2,22,26). The Balaban J connectivity index is 1.89. The van der Waals surface area contributed by atoms with Crippen LogP contribution in [0.3, 0.4) is 0 Å². The van der Waals surface area contributed by atoms with E-state index in [1.165, 1.54) is 0 Å². The zero-order valence-electron chi connectivity index (χ0n) is 17.7. The van der Waals surface area contributed by atoms with Gasteiger partial charge in [0.05, 0.1) is 11.3 Å². The SMILES string of the molecule is CC(C)(C)[Si](C)(C)OCCN1CCN(C=C(C(N)=O)c2cc(Br)ccn2)CC1. The molecule has 1 aromatic heterocycles. The number of primary amides is 1. The van der Waals surface area contributed by atoms with Gasteiger partial charge in [-0.2, -0.15) is 0 Å². The molecule has 0 aromatic carbocycles. The van der Waals surface area contributed by atoms with Gasteiger partial charge in [-0.1, -0.05) is 36.7 Å². The Labute approximate surface area is 178 Å². The van der Waals surface area contributed by atoms with Gasteiger partial charge in [0, 0.05) is 56.2 Å². The number of carbonyl (C=O) groups is 1. The van der Waals surface area contributed by atoms with Gasteiger partial charge < -0.3 is 15.1 Å². The van der Waals surface area contributed by atoms with Crippen LogP contribution in [0.15, 0.2) is 29.0 Å². The van der Waals surface area contributed by atoms with E-state index in [9.17, 15) is 4.79 Å². The van der Waals surface area contributed by atoms with Gasteiger partial charge in [0.1, 0.15) is 0 Å². The lowest BCUT2D eigenvalue weighted by molar-refractivity contribution is -0.112. The predicted molar refractivity (Wildman–Crippen MR) is 120 cm³/mol. The molecule has 0 unspecified atom stereocenters. The molecule has 1 aliphatic heterocycles. The van der Waals surface area contributed by atoms with Crippen LogP contribution in [0.1, 0.15) is 26.5 Å². The Kier molecular flexibility index (Phi) is 7.84. The lowest BCUT2D eigenvalue weighted by Gasteiger charge is -2.38. The number of piperazine rings is 1. The molecule has 1 aliphatic rings. The zero-order chi connectivity index (χ0) is 20.9. The first-order chi connectivity index (χ1) is 13.0. The Bertz CT molecular complexity index is 710. The van der Waals surface area contributed by atoms with Gasteiger partial charge in [-0.3, -0.25) is 14.7 Å². The van der Waals surface area contributed by atoms with E-state index in [0.29, 0.717) is 11.3 Å². The second-order valence-electron chi connectivity index (χ2n) is 8.75. The molecule has 1 aromatic rings. The van der Waals surface area contributed by atoms with E-state index in [4.69, 9.17) is 10.2 Å². The molecule has 28 heavy (non-hydrogen) atoms. The van der Waals surface area contributed by atoms with Crippen LogP contribution >= 0.6 is 15.9 Å². The van der Waals surface area contributed by atoms with E-state index >= 15 is 0 Å². The number of nitrogens with two attached hydrogens (primary N) is 1. The van der Waals surface area contributed by atoms with Gasteiger partial charge in [0.2, 0.25) is 0 Å². The molecule has 2 rings (SSSR count). The summed E-state index contributed by atoms with van der Waals surface area (Å²) in [6.45, 7) is 16.7. The maximum absolute atomic E-state index is 11.9. The fourth-order valence-corrected chi connectivity index (χ4v) is 4.12. The van der Waals surface area contributed by atoms with Gasteiger partial charge in [-0.25, -0.2) is 0 Å². The minimum Gasteiger partial charge on any atom is -0.416 e. The molecule has 0 bridgehead atoms. The average Bonchev–Trinajstić information content (AvgIpc) is 2.59. The van der Waals surface area contributed by atoms with Gasteiger partial charge in [-0.05, 0) is 30.3 Å². The largest absolute Gasteiger partial charge is 0.416 e. The highest BCUT2D eigenvalue weighted by atomic mass is 79.9. The summed E-state index contributed by atoms with van der Waals surface area (Å²) in [5, 5.41) is 0.238. The number of nitrogens with zero attached hydrogens (tertiary/aromatic N) is 3. The van der Waals surface area contributed by atoms with Crippen molar-refractivity contribution >= 4 is 35.7 Å². The fourth-order valence-electron chi connectivity index (χ4n) is 2.75. The van der Waals surface area contributed by atoms with Crippen LogP contribution in [0.5, 0.6) is 0 Å². The first-order valence-electron chi connectivity index (χ1n) is 9.73. The summed E-state index contributed by atoms with van der Waals surface area (Å²) in [6.07, 6.45) is 3.51. The summed E-state index contributed by atoms with van der Waals surface area (Å²) in [6, 6.07) is 3.64. The molecule has 156 valence electrons.